The molecule has 33 heteroatoms. The summed E-state index contributed by atoms with van der Waals surface area (Å²) in [6.07, 6.45) is 7.12. The Morgan fingerprint density at radius 3 is 0.836 bits per heavy atom. The Balaban J connectivity index is 0.000000189. The van der Waals surface area contributed by atoms with E-state index in [1.165, 1.54) is 121 Å². The average Bonchev–Trinajstić information content (AvgIpc) is 0.672. The molecule has 674 valence electrons. The summed E-state index contributed by atoms with van der Waals surface area (Å²) in [7, 11) is 0. The number of hydrogen-bond donors (Lipinski definition) is 10. The number of unbranched alkanes of at least 4 members (excludes halogenated alkanes) is 3. The summed E-state index contributed by atoms with van der Waals surface area (Å²) in [5.74, 6) is -10.4. The van der Waals surface area contributed by atoms with E-state index in [1.54, 1.807) is 121 Å². The fourth-order valence-corrected chi connectivity index (χ4v) is 13.3. The zero-order chi connectivity index (χ0) is 96.7. The lowest BCUT2D eigenvalue weighted by atomic mass is 9.84. The maximum absolute atomic E-state index is 11.8. The topological polar surface area (TPSA) is 538 Å². The minimum absolute atomic E-state index is 0.0420. The Labute approximate surface area is 758 Å². The Hall–Kier alpha value is -19.0. The fraction of sp³-hybridized carbons (Fsp3) is 0.0594. The maximum atomic E-state index is 11.8. The highest BCUT2D eigenvalue weighted by molar-refractivity contribution is 6.02. The molecule has 134 heavy (non-hydrogen) atoms. The molecule has 0 amide bonds. The highest BCUT2D eigenvalue weighted by Crippen LogP contribution is 2.46. The molecule has 0 heterocycles. The van der Waals surface area contributed by atoms with Gasteiger partial charge in [0.1, 0.15) is 34.5 Å². The number of rotatable bonds is 37. The van der Waals surface area contributed by atoms with Crippen LogP contribution >= 0.6 is 0 Å². The molecule has 0 fully saturated rings. The van der Waals surface area contributed by atoms with Gasteiger partial charge in [-0.1, -0.05) is 123 Å². The molecule has 13 rings (SSSR count). The summed E-state index contributed by atoms with van der Waals surface area (Å²) in [6, 6.07) is 68.1. The summed E-state index contributed by atoms with van der Waals surface area (Å²) >= 11 is 0. The van der Waals surface area contributed by atoms with Crippen molar-refractivity contribution in [2.45, 2.75) is 32.6 Å². The van der Waals surface area contributed by atoms with Crippen LogP contribution in [0, 0.1) is 0 Å². The van der Waals surface area contributed by atoms with Gasteiger partial charge >= 0.3 is 59.7 Å². The molecule has 10 N–H and O–H groups in total. The van der Waals surface area contributed by atoms with E-state index in [0.717, 1.165) is 71.2 Å². The smallest absolute Gasteiger partial charge is 0.335 e. The lowest BCUT2D eigenvalue weighted by Gasteiger charge is -2.19. The second-order valence-electron chi connectivity index (χ2n) is 28.4. The van der Waals surface area contributed by atoms with Crippen LogP contribution in [0.25, 0.3) is 90.0 Å². The summed E-state index contributed by atoms with van der Waals surface area (Å²) in [4.78, 5) is 167. The van der Waals surface area contributed by atoms with Crippen LogP contribution in [0.3, 0.4) is 0 Å². The molecule has 13 aromatic carbocycles. The molecule has 0 aliphatic heterocycles. The number of carboxylic acid groups (broad SMARTS) is 10. The van der Waals surface area contributed by atoms with Crippen LogP contribution in [0.15, 0.2) is 277 Å². The number of carbonyl (C=O) groups is 15. The molecule has 0 radical (unpaired) electrons. The molecule has 0 aliphatic carbocycles. The molecule has 0 saturated carbocycles. The first kappa shape index (κ1) is 97.2. The van der Waals surface area contributed by atoms with Crippen LogP contribution in [0.4, 0.5) is 11.4 Å². The van der Waals surface area contributed by atoms with Crippen molar-refractivity contribution < 1.29 is 151 Å². The average molecular weight is 1810 g/mol. The predicted octanol–water partition coefficient (Wildman–Crippen LogP) is 19.6. The Kier molecular flexibility index (Phi) is 33.7. The number of aromatic carboxylic acids is 10. The number of azo groups is 1. The Morgan fingerprint density at radius 2 is 0.537 bits per heavy atom. The number of nitrogens with zero attached hydrogens (tertiary/aromatic N) is 2. The third-order valence-electron chi connectivity index (χ3n) is 19.5. The zero-order valence-electron chi connectivity index (χ0n) is 69.9. The number of carbonyl (C=O) groups excluding carboxylic acids is 5. The molecule has 0 aliphatic rings. The molecule has 0 saturated heterocycles. The quantitative estimate of drug-likeness (QED) is 0.00748. The van der Waals surface area contributed by atoms with Crippen LogP contribution in [-0.2, 0) is 24.0 Å². The second-order valence-corrected chi connectivity index (χ2v) is 28.4. The predicted molar refractivity (Wildman–Crippen MR) is 482 cm³/mol. The number of benzene rings is 13. The maximum Gasteiger partial charge on any atom is 0.335 e. The van der Waals surface area contributed by atoms with Gasteiger partial charge in [-0.05, 0) is 254 Å². The first-order valence-electron chi connectivity index (χ1n) is 39.6. The number of ether oxygens (including phenoxy) is 6. The summed E-state index contributed by atoms with van der Waals surface area (Å²) in [5.41, 5.74) is 10.1. The van der Waals surface area contributed by atoms with E-state index in [1.807, 2.05) is 24.3 Å². The van der Waals surface area contributed by atoms with E-state index in [9.17, 15) is 103 Å². The van der Waals surface area contributed by atoms with Gasteiger partial charge in [0.25, 0.3) is 32.4 Å². The van der Waals surface area contributed by atoms with E-state index in [2.05, 4.69) is 36.1 Å². The summed E-state index contributed by atoms with van der Waals surface area (Å²) in [6.45, 7) is 3.62. The largest absolute Gasteiger partial charge is 0.492 e. The van der Waals surface area contributed by atoms with E-state index < -0.39 is 59.7 Å². The zero-order valence-corrected chi connectivity index (χ0v) is 69.9. The van der Waals surface area contributed by atoms with E-state index in [-0.39, 0.29) is 116 Å². The Bertz CT molecular complexity index is 6110. The van der Waals surface area contributed by atoms with Crippen LogP contribution in [0.2, 0.25) is 0 Å². The summed E-state index contributed by atoms with van der Waals surface area (Å²) < 4.78 is 29.9. The molecule has 33 nitrogen and oxygen atoms in total. The van der Waals surface area contributed by atoms with Crippen molar-refractivity contribution in [1.82, 2.24) is 0 Å². The minimum Gasteiger partial charge on any atom is -0.492 e. The molecule has 0 bridgehead atoms. The second kappa shape index (κ2) is 46.5. The van der Waals surface area contributed by atoms with Gasteiger partial charge in [-0.15, -0.1) is 0 Å². The SMILES string of the molecule is CCCCCCOc1c(-c2ccc(C(=O)O)cc2)cc(-c2ccc(OC=O)cc2)cc1-c1ccc(C(=O)O)cc1.O=C(O)c1cccc(-c2cc(-c3cccc(C(=O)O)c3)c(-c3cccc(C(=O)O)c3)cc2-c2cccc(C(=O)O)c2)c1.O=COc1cc(/C=C/c2cc(OC=O)cc(C(=O)O)c2)cc(C(=O)O)c1.O=COc1cc(N=Nc2cc(OC=O)cc(C(=O)O)c2)cc(C(=O)O)c1. The van der Waals surface area contributed by atoms with Crippen molar-refractivity contribution in [2.24, 2.45) is 10.2 Å². The normalized spacial score (nSPS) is 10.5. The molecule has 0 unspecified atom stereocenters. The molecule has 0 atom stereocenters. The highest BCUT2D eigenvalue weighted by atomic mass is 16.5. The van der Waals surface area contributed by atoms with Gasteiger partial charge in [0.05, 0.1) is 73.6 Å². The lowest BCUT2D eigenvalue weighted by Crippen LogP contribution is -2.02. The van der Waals surface area contributed by atoms with Gasteiger partial charge in [0, 0.05) is 23.3 Å². The van der Waals surface area contributed by atoms with Gasteiger partial charge in [0.15, 0.2) is 0 Å². The minimum atomic E-state index is -1.27. The molecular formula is C101H74N2O31. The van der Waals surface area contributed by atoms with Crippen molar-refractivity contribution in [3.8, 4) is 112 Å². The van der Waals surface area contributed by atoms with Crippen molar-refractivity contribution in [1.29, 1.82) is 0 Å². The van der Waals surface area contributed by atoms with Crippen molar-refractivity contribution in [2.75, 3.05) is 6.61 Å². The monoisotopic (exact) mass is 1810 g/mol. The van der Waals surface area contributed by atoms with Gasteiger partial charge in [-0.3, -0.25) is 24.0 Å². The van der Waals surface area contributed by atoms with Gasteiger partial charge in [0.2, 0.25) is 0 Å². The number of carboxylic acids is 10. The first-order valence-corrected chi connectivity index (χ1v) is 39.6. The van der Waals surface area contributed by atoms with Crippen molar-refractivity contribution in [3.05, 3.63) is 334 Å². The van der Waals surface area contributed by atoms with Crippen molar-refractivity contribution >= 4 is 116 Å². The van der Waals surface area contributed by atoms with Gasteiger partial charge in [-0.25, -0.2) is 47.9 Å². The third-order valence-corrected chi connectivity index (χ3v) is 19.5. The van der Waals surface area contributed by atoms with Crippen LogP contribution in [0.5, 0.6) is 34.5 Å². The van der Waals surface area contributed by atoms with Crippen LogP contribution in [0.1, 0.15) is 147 Å². The van der Waals surface area contributed by atoms with Crippen LogP contribution in [-0.4, -0.2) is 150 Å². The standard InChI is InChI=1S/C34H22O8.C33H30O7.C18H12O8.C16H10N2O8/c35-31(36)23-9-1-5-19(13-23)27-17-29(21-7-3-11-25(15-21)33(39)40)30(22-8-4-12-26(16-22)34(41)42)18-28(27)20-6-2-10-24(14-20)32(37)38;1-2-3-4-5-18-39-31-29(23-6-10-25(11-7-23)32(35)36)19-27(22-14-16-28(17-15-22)40-21-34)20-30(31)24-8-12-26(13-9-24)33(37)38;19-9-25-15-5-11(3-13(7-15)17(21)22)1-2-12-4-14(18(23)24)8-16(6-12)26-10-20;19-7-25-13-3-9(15(21)22)1-11(5-13)17-18-12-2-10(16(23)24)4-14(6-12)26-8-20/h1-18H,(H,35,36)(H,37,38)(H,39,40)(H,41,42);6-17,19-21H,2-5,18H2,1H3,(H,35,36)(H,37,38);1-10H,(H,21,22)(H,23,24);1-8H,(H,21,22)(H,23,24)/b;;2-1+;. The molecule has 0 spiro atoms. The van der Waals surface area contributed by atoms with Gasteiger partial charge < -0.3 is 79.5 Å². The van der Waals surface area contributed by atoms with E-state index in [0.29, 0.717) is 80.2 Å². The Morgan fingerprint density at radius 1 is 0.246 bits per heavy atom. The number of hydrogen-bond acceptors (Lipinski definition) is 23. The molecule has 0 aromatic heterocycles. The lowest BCUT2D eigenvalue weighted by molar-refractivity contribution is -0.121. The van der Waals surface area contributed by atoms with Gasteiger partial charge in [-0.2, -0.15) is 10.2 Å². The molecular weight excluding hydrogens is 1740 g/mol. The molecule has 13 aromatic rings. The first-order chi connectivity index (χ1) is 64.4. The van der Waals surface area contributed by atoms with E-state index in [4.69, 9.17) is 29.9 Å². The van der Waals surface area contributed by atoms with Crippen LogP contribution < -0.4 is 28.4 Å². The van der Waals surface area contributed by atoms with Crippen molar-refractivity contribution in [3.63, 3.8) is 0 Å². The summed E-state index contributed by atoms with van der Waals surface area (Å²) in [5, 5.41) is 101. The van der Waals surface area contributed by atoms with E-state index >= 15 is 0 Å². The highest BCUT2D eigenvalue weighted by Gasteiger charge is 2.24. The third kappa shape index (κ3) is 26.6. The fourth-order valence-electron chi connectivity index (χ4n) is 13.3.